The van der Waals surface area contributed by atoms with Crippen LogP contribution in [0.3, 0.4) is 0 Å². The summed E-state index contributed by atoms with van der Waals surface area (Å²) in [6.45, 7) is 3.51. The summed E-state index contributed by atoms with van der Waals surface area (Å²) in [5.74, 6) is -0.0637. The normalized spacial score (nSPS) is 14.0. The lowest BCUT2D eigenvalue weighted by Gasteiger charge is -2.30. The van der Waals surface area contributed by atoms with Crippen LogP contribution in [0.15, 0.2) is 30.6 Å². The molecule has 0 amide bonds. The van der Waals surface area contributed by atoms with Gasteiger partial charge in [0, 0.05) is 13.1 Å². The van der Waals surface area contributed by atoms with E-state index in [4.69, 9.17) is 0 Å². The maximum absolute atomic E-state index is 11.4. The van der Waals surface area contributed by atoms with Gasteiger partial charge in [-0.25, -0.2) is 14.8 Å². The first-order chi connectivity index (χ1) is 11.1. The summed E-state index contributed by atoms with van der Waals surface area (Å²) in [5, 5.41) is 10.2. The zero-order valence-electron chi connectivity index (χ0n) is 12.6. The molecule has 0 atom stereocenters. The van der Waals surface area contributed by atoms with Crippen molar-refractivity contribution in [1.82, 2.24) is 9.97 Å². The van der Waals surface area contributed by atoms with Crippen LogP contribution in [-0.2, 0) is 13.0 Å². The van der Waals surface area contributed by atoms with E-state index in [9.17, 15) is 9.90 Å². The van der Waals surface area contributed by atoms with E-state index in [-0.39, 0.29) is 0 Å². The standard InChI is InChI=1S/C17H15N3O2S/c1-10-13-15(18-9-19-16(13)23-14(10)17(21)22)20-7-6-11-4-2-3-5-12(11)8-20/h2-5,9H,6-8H2,1H3,(H,21,22). The molecule has 6 heteroatoms. The van der Waals surface area contributed by atoms with Crippen LogP contribution in [0.5, 0.6) is 0 Å². The Morgan fingerprint density at radius 1 is 1.26 bits per heavy atom. The fourth-order valence-electron chi connectivity index (χ4n) is 3.17. The first-order valence-electron chi connectivity index (χ1n) is 7.44. The van der Waals surface area contributed by atoms with Crippen molar-refractivity contribution in [3.63, 3.8) is 0 Å². The van der Waals surface area contributed by atoms with Crippen molar-refractivity contribution < 1.29 is 9.90 Å². The molecule has 2 aromatic heterocycles. The third kappa shape index (κ3) is 2.26. The topological polar surface area (TPSA) is 66.3 Å². The van der Waals surface area contributed by atoms with E-state index < -0.39 is 5.97 Å². The summed E-state index contributed by atoms with van der Waals surface area (Å²) in [6, 6.07) is 8.43. The van der Waals surface area contributed by atoms with Gasteiger partial charge in [-0.2, -0.15) is 0 Å². The minimum Gasteiger partial charge on any atom is -0.477 e. The van der Waals surface area contributed by atoms with Crippen molar-refractivity contribution in [2.45, 2.75) is 19.9 Å². The molecule has 0 unspecified atom stereocenters. The number of rotatable bonds is 2. The fourth-order valence-corrected chi connectivity index (χ4v) is 4.16. The first kappa shape index (κ1) is 14.1. The van der Waals surface area contributed by atoms with Crippen molar-refractivity contribution in [2.75, 3.05) is 11.4 Å². The number of nitrogens with zero attached hydrogens (tertiary/aromatic N) is 3. The highest BCUT2D eigenvalue weighted by Crippen LogP contribution is 2.36. The van der Waals surface area contributed by atoms with E-state index in [1.54, 1.807) is 0 Å². The second kappa shape index (κ2) is 5.31. The molecule has 5 nitrogen and oxygen atoms in total. The van der Waals surface area contributed by atoms with E-state index in [0.29, 0.717) is 4.88 Å². The zero-order chi connectivity index (χ0) is 16.0. The summed E-state index contributed by atoms with van der Waals surface area (Å²) in [4.78, 5) is 23.4. The highest BCUT2D eigenvalue weighted by molar-refractivity contribution is 7.20. The first-order valence-corrected chi connectivity index (χ1v) is 8.26. The van der Waals surface area contributed by atoms with Gasteiger partial charge in [0.1, 0.15) is 21.9 Å². The van der Waals surface area contributed by atoms with Gasteiger partial charge in [-0.1, -0.05) is 24.3 Å². The van der Waals surface area contributed by atoms with E-state index in [1.165, 1.54) is 28.8 Å². The van der Waals surface area contributed by atoms with Crippen molar-refractivity contribution in [2.24, 2.45) is 0 Å². The minimum absolute atomic E-state index is 0.346. The van der Waals surface area contributed by atoms with Crippen LogP contribution in [0.4, 0.5) is 5.82 Å². The van der Waals surface area contributed by atoms with Gasteiger partial charge in [-0.05, 0) is 30.0 Å². The molecule has 3 aromatic rings. The van der Waals surface area contributed by atoms with Crippen LogP contribution in [0, 0.1) is 6.92 Å². The Kier molecular flexibility index (Phi) is 3.27. The van der Waals surface area contributed by atoms with E-state index >= 15 is 0 Å². The molecule has 1 aromatic carbocycles. The van der Waals surface area contributed by atoms with E-state index in [2.05, 4.69) is 39.1 Å². The molecule has 23 heavy (non-hydrogen) atoms. The van der Waals surface area contributed by atoms with Crippen molar-refractivity contribution in [1.29, 1.82) is 0 Å². The predicted octanol–water partition coefficient (Wildman–Crippen LogP) is 3.26. The van der Waals surface area contributed by atoms with Crippen LogP contribution >= 0.6 is 11.3 Å². The number of hydrogen-bond acceptors (Lipinski definition) is 5. The Labute approximate surface area is 137 Å². The molecule has 116 valence electrons. The molecule has 0 saturated heterocycles. The number of fused-ring (bicyclic) bond motifs is 2. The van der Waals surface area contributed by atoms with Gasteiger partial charge >= 0.3 is 5.97 Å². The Balaban J connectivity index is 1.82. The fraction of sp³-hybridized carbons (Fsp3) is 0.235. The summed E-state index contributed by atoms with van der Waals surface area (Å²) in [5.41, 5.74) is 3.44. The maximum Gasteiger partial charge on any atom is 0.346 e. The average molecular weight is 325 g/mol. The molecule has 0 bridgehead atoms. The SMILES string of the molecule is Cc1c(C(=O)O)sc2ncnc(N3CCc4ccccc4C3)c12. The molecule has 0 aliphatic carbocycles. The molecule has 0 spiro atoms. The number of anilines is 1. The smallest absolute Gasteiger partial charge is 0.346 e. The van der Waals surface area contributed by atoms with Gasteiger partial charge in [-0.3, -0.25) is 0 Å². The number of thiophene rings is 1. The second-order valence-electron chi connectivity index (χ2n) is 5.68. The molecule has 1 aliphatic rings. The number of carboxylic acids is 1. The maximum atomic E-state index is 11.4. The third-order valence-corrected chi connectivity index (χ3v) is 5.52. The Bertz CT molecular complexity index is 919. The summed E-state index contributed by atoms with van der Waals surface area (Å²) >= 11 is 1.22. The molecule has 0 saturated carbocycles. The van der Waals surface area contributed by atoms with Crippen LogP contribution < -0.4 is 4.90 Å². The summed E-state index contributed by atoms with van der Waals surface area (Å²) in [7, 11) is 0. The monoisotopic (exact) mass is 325 g/mol. The molecular formula is C17H15N3O2S. The highest BCUT2D eigenvalue weighted by atomic mass is 32.1. The number of hydrogen-bond donors (Lipinski definition) is 1. The molecule has 3 heterocycles. The molecule has 1 aliphatic heterocycles. The predicted molar refractivity (Wildman–Crippen MR) is 90.3 cm³/mol. The number of carbonyl (C=O) groups is 1. The van der Waals surface area contributed by atoms with Crippen molar-refractivity contribution >= 4 is 33.3 Å². The Hall–Kier alpha value is -2.47. The molecule has 1 N–H and O–H groups in total. The molecule has 0 radical (unpaired) electrons. The van der Waals surface area contributed by atoms with Crippen molar-refractivity contribution in [3.8, 4) is 0 Å². The lowest BCUT2D eigenvalue weighted by atomic mass is 9.99. The Morgan fingerprint density at radius 2 is 2.04 bits per heavy atom. The van der Waals surface area contributed by atoms with Gasteiger partial charge in [0.25, 0.3) is 0 Å². The lowest BCUT2D eigenvalue weighted by Crippen LogP contribution is -2.31. The lowest BCUT2D eigenvalue weighted by molar-refractivity contribution is 0.0701. The van der Waals surface area contributed by atoms with Crippen LogP contribution in [0.1, 0.15) is 26.4 Å². The van der Waals surface area contributed by atoms with Crippen LogP contribution in [0.25, 0.3) is 10.2 Å². The number of benzene rings is 1. The minimum atomic E-state index is -0.902. The largest absolute Gasteiger partial charge is 0.477 e. The van der Waals surface area contributed by atoms with E-state index in [1.807, 2.05) is 6.92 Å². The van der Waals surface area contributed by atoms with Crippen LogP contribution in [0.2, 0.25) is 0 Å². The summed E-state index contributed by atoms with van der Waals surface area (Å²) < 4.78 is 0. The van der Waals surface area contributed by atoms with E-state index in [0.717, 1.165) is 41.1 Å². The molecular weight excluding hydrogens is 310 g/mol. The van der Waals surface area contributed by atoms with Gasteiger partial charge in [0.05, 0.1) is 5.39 Å². The van der Waals surface area contributed by atoms with Crippen LogP contribution in [-0.4, -0.2) is 27.6 Å². The molecule has 0 fully saturated rings. The highest BCUT2D eigenvalue weighted by Gasteiger charge is 2.23. The number of carboxylic acid groups (broad SMARTS) is 1. The second-order valence-corrected chi connectivity index (χ2v) is 6.68. The van der Waals surface area contributed by atoms with Gasteiger partial charge in [0.15, 0.2) is 0 Å². The van der Waals surface area contributed by atoms with Crippen molar-refractivity contribution in [3.05, 3.63) is 52.2 Å². The number of aromatic carboxylic acids is 1. The molecule has 4 rings (SSSR count). The van der Waals surface area contributed by atoms with Gasteiger partial charge in [0.2, 0.25) is 0 Å². The quantitative estimate of drug-likeness (QED) is 0.783. The Morgan fingerprint density at radius 3 is 2.83 bits per heavy atom. The zero-order valence-corrected chi connectivity index (χ0v) is 13.4. The summed E-state index contributed by atoms with van der Waals surface area (Å²) in [6.07, 6.45) is 2.50. The van der Waals surface area contributed by atoms with Gasteiger partial charge < -0.3 is 10.0 Å². The van der Waals surface area contributed by atoms with Gasteiger partial charge in [-0.15, -0.1) is 11.3 Å². The third-order valence-electron chi connectivity index (χ3n) is 4.33. The average Bonchev–Trinajstić information content (AvgIpc) is 2.92. The number of aryl methyl sites for hydroxylation is 1. The number of aromatic nitrogens is 2.